The summed E-state index contributed by atoms with van der Waals surface area (Å²) in [6.45, 7) is 1.51. The lowest BCUT2D eigenvalue weighted by Gasteiger charge is -2.13. The van der Waals surface area contributed by atoms with Crippen molar-refractivity contribution in [2.75, 3.05) is 18.8 Å². The molecular weight excluding hydrogens is 264 g/mol. The van der Waals surface area contributed by atoms with E-state index in [0.717, 1.165) is 17.9 Å². The van der Waals surface area contributed by atoms with Gasteiger partial charge in [-0.15, -0.1) is 0 Å². The molecule has 0 radical (unpaired) electrons. The number of hydrogen-bond donors (Lipinski definition) is 1. The highest BCUT2D eigenvalue weighted by Crippen LogP contribution is 2.16. The van der Waals surface area contributed by atoms with Crippen LogP contribution in [0.5, 0.6) is 0 Å². The second-order valence-corrected chi connectivity index (χ2v) is 5.20. The Labute approximate surface area is 116 Å². The van der Waals surface area contributed by atoms with Gasteiger partial charge in [-0.1, -0.05) is 42.1 Å². The van der Waals surface area contributed by atoms with Gasteiger partial charge in [-0.25, -0.2) is 5.48 Å². The Balaban J connectivity index is 1.61. The number of rotatable bonds is 6. The number of nitrogens with one attached hydrogen (secondary N) is 1. The van der Waals surface area contributed by atoms with E-state index < -0.39 is 0 Å². The van der Waals surface area contributed by atoms with Gasteiger partial charge in [-0.05, 0) is 5.56 Å². The van der Waals surface area contributed by atoms with Crippen LogP contribution in [-0.2, 0) is 16.2 Å². The summed E-state index contributed by atoms with van der Waals surface area (Å²) in [6.07, 6.45) is 0.265. The van der Waals surface area contributed by atoms with E-state index in [4.69, 9.17) is 4.84 Å². The number of carbonyl (C=O) groups is 2. The van der Waals surface area contributed by atoms with Crippen LogP contribution >= 0.6 is 11.8 Å². The zero-order valence-corrected chi connectivity index (χ0v) is 11.3. The Hall–Kier alpha value is -1.53. The van der Waals surface area contributed by atoms with E-state index in [1.807, 2.05) is 30.3 Å². The summed E-state index contributed by atoms with van der Waals surface area (Å²) in [7, 11) is 0. The van der Waals surface area contributed by atoms with Crippen molar-refractivity contribution in [1.82, 2.24) is 10.4 Å². The fourth-order valence-corrected chi connectivity index (χ4v) is 2.54. The van der Waals surface area contributed by atoms with E-state index in [1.54, 1.807) is 4.90 Å². The number of hydroxylamine groups is 1. The fraction of sp³-hybridized carbons (Fsp3) is 0.385. The summed E-state index contributed by atoms with van der Waals surface area (Å²) in [6, 6.07) is 9.60. The first-order valence-electron chi connectivity index (χ1n) is 6.12. The average Bonchev–Trinajstić information content (AvgIpc) is 2.83. The smallest absolute Gasteiger partial charge is 0.281 e. The summed E-state index contributed by atoms with van der Waals surface area (Å²) in [4.78, 5) is 29.6. The van der Waals surface area contributed by atoms with Crippen molar-refractivity contribution in [3.05, 3.63) is 35.9 Å². The molecule has 1 heterocycles. The van der Waals surface area contributed by atoms with Gasteiger partial charge in [0.15, 0.2) is 0 Å². The van der Waals surface area contributed by atoms with Crippen molar-refractivity contribution in [2.45, 2.75) is 13.0 Å². The molecule has 102 valence electrons. The number of hydrogen-bond acceptors (Lipinski definition) is 4. The molecule has 0 unspecified atom stereocenters. The standard InChI is InChI=1S/C13H16N2O3S/c16-12(6-7-15-8-9-19-13(15)17)14-18-10-11-4-2-1-3-5-11/h1-5H,6-10H2,(H,14,16). The first-order valence-corrected chi connectivity index (χ1v) is 7.10. The van der Waals surface area contributed by atoms with Gasteiger partial charge in [0.1, 0.15) is 0 Å². The fourth-order valence-electron chi connectivity index (χ4n) is 1.69. The van der Waals surface area contributed by atoms with Crippen molar-refractivity contribution >= 4 is 22.9 Å². The SMILES string of the molecule is O=C(CCN1CCSC1=O)NOCc1ccccc1. The molecule has 1 saturated heterocycles. The molecule has 2 amide bonds. The summed E-state index contributed by atoms with van der Waals surface area (Å²) in [5, 5.41) is 0.0537. The molecular formula is C13H16N2O3S. The van der Waals surface area contributed by atoms with Crippen molar-refractivity contribution in [2.24, 2.45) is 0 Å². The highest BCUT2D eigenvalue weighted by atomic mass is 32.2. The molecule has 0 bridgehead atoms. The quantitative estimate of drug-likeness (QED) is 0.807. The third kappa shape index (κ3) is 4.57. The predicted molar refractivity (Wildman–Crippen MR) is 73.4 cm³/mol. The van der Waals surface area contributed by atoms with E-state index in [-0.39, 0.29) is 17.6 Å². The van der Waals surface area contributed by atoms with E-state index in [2.05, 4.69) is 5.48 Å². The van der Waals surface area contributed by atoms with Crippen molar-refractivity contribution in [1.29, 1.82) is 0 Å². The predicted octanol–water partition coefficient (Wildman–Crippen LogP) is 1.79. The monoisotopic (exact) mass is 280 g/mol. The van der Waals surface area contributed by atoms with Crippen LogP contribution in [0.3, 0.4) is 0 Å². The summed E-state index contributed by atoms with van der Waals surface area (Å²) < 4.78 is 0. The molecule has 1 N–H and O–H groups in total. The second kappa shape index (κ2) is 7.16. The zero-order chi connectivity index (χ0) is 13.5. The molecule has 1 aliphatic heterocycles. The molecule has 1 aromatic carbocycles. The third-order valence-corrected chi connectivity index (χ3v) is 3.61. The largest absolute Gasteiger partial charge is 0.332 e. The minimum atomic E-state index is -0.208. The minimum absolute atomic E-state index is 0.0537. The van der Waals surface area contributed by atoms with Gasteiger partial charge in [0.25, 0.3) is 5.24 Å². The highest BCUT2D eigenvalue weighted by Gasteiger charge is 2.21. The van der Waals surface area contributed by atoms with Gasteiger partial charge in [0.2, 0.25) is 5.91 Å². The molecule has 0 atom stereocenters. The molecule has 19 heavy (non-hydrogen) atoms. The van der Waals surface area contributed by atoms with Crippen LogP contribution in [-0.4, -0.2) is 34.9 Å². The lowest BCUT2D eigenvalue weighted by atomic mass is 10.2. The maximum atomic E-state index is 11.5. The number of benzene rings is 1. The molecule has 1 aromatic rings. The average molecular weight is 280 g/mol. The Bertz CT molecular complexity index is 439. The van der Waals surface area contributed by atoms with Crippen LogP contribution in [0.1, 0.15) is 12.0 Å². The molecule has 0 aromatic heterocycles. The van der Waals surface area contributed by atoms with Gasteiger partial charge in [0, 0.05) is 25.3 Å². The first kappa shape index (κ1) is 13.9. The number of nitrogens with zero attached hydrogens (tertiary/aromatic N) is 1. The van der Waals surface area contributed by atoms with E-state index in [0.29, 0.717) is 13.2 Å². The lowest BCUT2D eigenvalue weighted by Crippen LogP contribution is -2.31. The third-order valence-electron chi connectivity index (χ3n) is 2.72. The lowest BCUT2D eigenvalue weighted by molar-refractivity contribution is -0.134. The van der Waals surface area contributed by atoms with Crippen molar-refractivity contribution in [3.8, 4) is 0 Å². The Morgan fingerprint density at radius 3 is 2.84 bits per heavy atom. The van der Waals surface area contributed by atoms with Crippen molar-refractivity contribution < 1.29 is 14.4 Å². The maximum absolute atomic E-state index is 11.5. The number of thioether (sulfide) groups is 1. The van der Waals surface area contributed by atoms with Crippen LogP contribution in [0.15, 0.2) is 30.3 Å². The second-order valence-electron chi connectivity index (χ2n) is 4.15. The maximum Gasteiger partial charge on any atom is 0.281 e. The Kier molecular flexibility index (Phi) is 5.23. The molecule has 0 saturated carbocycles. The van der Waals surface area contributed by atoms with Gasteiger partial charge < -0.3 is 4.90 Å². The summed E-state index contributed by atoms with van der Waals surface area (Å²) in [5.41, 5.74) is 3.38. The van der Waals surface area contributed by atoms with Gasteiger partial charge in [0.05, 0.1) is 6.61 Å². The van der Waals surface area contributed by atoms with Crippen LogP contribution in [0.4, 0.5) is 4.79 Å². The van der Waals surface area contributed by atoms with Gasteiger partial charge in [-0.2, -0.15) is 0 Å². The van der Waals surface area contributed by atoms with Crippen LogP contribution in [0.2, 0.25) is 0 Å². The Morgan fingerprint density at radius 1 is 1.37 bits per heavy atom. The van der Waals surface area contributed by atoms with Crippen molar-refractivity contribution in [3.63, 3.8) is 0 Å². The summed E-state index contributed by atoms with van der Waals surface area (Å²) >= 11 is 1.30. The molecule has 1 fully saturated rings. The molecule has 2 rings (SSSR count). The molecule has 5 nitrogen and oxygen atoms in total. The van der Waals surface area contributed by atoms with Crippen LogP contribution in [0, 0.1) is 0 Å². The van der Waals surface area contributed by atoms with Crippen LogP contribution in [0.25, 0.3) is 0 Å². The topological polar surface area (TPSA) is 58.6 Å². The van der Waals surface area contributed by atoms with E-state index in [1.165, 1.54) is 11.8 Å². The number of amides is 2. The highest BCUT2D eigenvalue weighted by molar-refractivity contribution is 8.13. The normalized spacial score (nSPS) is 14.7. The van der Waals surface area contributed by atoms with E-state index >= 15 is 0 Å². The molecule has 0 spiro atoms. The number of carbonyl (C=O) groups excluding carboxylic acids is 2. The van der Waals surface area contributed by atoms with Gasteiger partial charge in [-0.3, -0.25) is 14.4 Å². The minimum Gasteiger partial charge on any atom is -0.332 e. The van der Waals surface area contributed by atoms with E-state index in [9.17, 15) is 9.59 Å². The zero-order valence-electron chi connectivity index (χ0n) is 10.5. The summed E-state index contributed by atoms with van der Waals surface area (Å²) in [5.74, 6) is 0.603. The molecule has 6 heteroatoms. The van der Waals surface area contributed by atoms with Crippen LogP contribution < -0.4 is 5.48 Å². The first-order chi connectivity index (χ1) is 9.25. The Morgan fingerprint density at radius 2 is 2.16 bits per heavy atom. The molecule has 1 aliphatic rings. The van der Waals surface area contributed by atoms with Gasteiger partial charge >= 0.3 is 0 Å². The molecule has 0 aliphatic carbocycles.